The van der Waals surface area contributed by atoms with Gasteiger partial charge in [0.25, 0.3) is 0 Å². The van der Waals surface area contributed by atoms with E-state index in [-0.39, 0.29) is 0 Å². The van der Waals surface area contributed by atoms with Crippen LogP contribution in [0.2, 0.25) is 0 Å². The van der Waals surface area contributed by atoms with Gasteiger partial charge in [-0.05, 0) is 24.1 Å². The van der Waals surface area contributed by atoms with E-state index in [9.17, 15) is 15.0 Å². The Labute approximate surface area is 132 Å². The van der Waals surface area contributed by atoms with Gasteiger partial charge in [0.1, 0.15) is 18.3 Å². The molecule has 1 unspecified atom stereocenters. The number of carbonyl (C=O) groups is 1. The van der Waals surface area contributed by atoms with E-state index >= 15 is 0 Å². The fourth-order valence-corrected chi connectivity index (χ4v) is 2.98. The van der Waals surface area contributed by atoms with Gasteiger partial charge in [-0.2, -0.15) is 0 Å². The molecule has 1 aromatic rings. The summed E-state index contributed by atoms with van der Waals surface area (Å²) in [7, 11) is 0. The van der Waals surface area contributed by atoms with Crippen LogP contribution < -0.4 is 0 Å². The van der Waals surface area contributed by atoms with Gasteiger partial charge in [0.2, 0.25) is 0 Å². The minimum atomic E-state index is -1.18. The molecule has 0 amide bonds. The maximum atomic E-state index is 11.1. The van der Waals surface area contributed by atoms with Crippen LogP contribution in [0.3, 0.4) is 0 Å². The number of benzene rings is 1. The summed E-state index contributed by atoms with van der Waals surface area (Å²) < 4.78 is 11.8. The molecule has 116 valence electrons. The lowest BCUT2D eigenvalue weighted by molar-refractivity contribution is -0.235. The van der Waals surface area contributed by atoms with Crippen molar-refractivity contribution < 1.29 is 24.5 Å². The SMILES string of the molecule is CC[C@H]1OC(c2cccc(Br)c2)[C@@H](O)[C@@H](O)[C@@H]1OC(C)=O. The van der Waals surface area contributed by atoms with Crippen LogP contribution in [0.1, 0.15) is 31.9 Å². The number of aliphatic hydroxyl groups excluding tert-OH is 2. The molecule has 1 fully saturated rings. The highest BCUT2D eigenvalue weighted by Crippen LogP contribution is 2.35. The third-order valence-corrected chi connectivity index (χ3v) is 4.06. The van der Waals surface area contributed by atoms with Crippen molar-refractivity contribution in [1.29, 1.82) is 0 Å². The highest BCUT2D eigenvalue weighted by molar-refractivity contribution is 9.10. The van der Waals surface area contributed by atoms with Gasteiger partial charge in [-0.25, -0.2) is 0 Å². The summed E-state index contributed by atoms with van der Waals surface area (Å²) in [5.74, 6) is -0.505. The molecule has 5 nitrogen and oxygen atoms in total. The first-order valence-electron chi connectivity index (χ1n) is 6.88. The Morgan fingerprint density at radius 2 is 2.10 bits per heavy atom. The predicted molar refractivity (Wildman–Crippen MR) is 79.6 cm³/mol. The van der Waals surface area contributed by atoms with Crippen LogP contribution in [0, 0.1) is 0 Å². The Balaban J connectivity index is 2.25. The number of halogens is 1. The van der Waals surface area contributed by atoms with Crippen LogP contribution in [0.5, 0.6) is 0 Å². The minimum absolute atomic E-state index is 0.462. The van der Waals surface area contributed by atoms with Gasteiger partial charge >= 0.3 is 5.97 Å². The lowest BCUT2D eigenvalue weighted by Gasteiger charge is -2.42. The van der Waals surface area contributed by atoms with Crippen molar-refractivity contribution in [1.82, 2.24) is 0 Å². The summed E-state index contributed by atoms with van der Waals surface area (Å²) in [6, 6.07) is 7.36. The Morgan fingerprint density at radius 1 is 1.38 bits per heavy atom. The molecule has 0 spiro atoms. The van der Waals surface area contributed by atoms with E-state index in [1.807, 2.05) is 31.2 Å². The first-order chi connectivity index (χ1) is 9.93. The van der Waals surface area contributed by atoms with E-state index in [0.29, 0.717) is 6.42 Å². The predicted octanol–water partition coefficient (Wildman–Crippen LogP) is 1.95. The van der Waals surface area contributed by atoms with Crippen LogP contribution in [0.4, 0.5) is 0 Å². The molecule has 5 atom stereocenters. The normalized spacial score (nSPS) is 32.7. The molecule has 1 aliphatic heterocycles. The van der Waals surface area contributed by atoms with Crippen molar-refractivity contribution in [2.75, 3.05) is 0 Å². The number of ether oxygens (including phenoxy) is 2. The second-order valence-electron chi connectivity index (χ2n) is 5.11. The Kier molecular flexibility index (Phi) is 5.37. The first kappa shape index (κ1) is 16.4. The third kappa shape index (κ3) is 3.63. The summed E-state index contributed by atoms with van der Waals surface area (Å²) in [5, 5.41) is 20.6. The molecule has 0 saturated carbocycles. The van der Waals surface area contributed by atoms with Crippen molar-refractivity contribution in [3.63, 3.8) is 0 Å². The van der Waals surface area contributed by atoms with Gasteiger partial charge in [0, 0.05) is 11.4 Å². The van der Waals surface area contributed by atoms with Crippen molar-refractivity contribution in [3.05, 3.63) is 34.3 Å². The largest absolute Gasteiger partial charge is 0.457 e. The van der Waals surface area contributed by atoms with Crippen LogP contribution >= 0.6 is 15.9 Å². The molecule has 0 bridgehead atoms. The van der Waals surface area contributed by atoms with Crippen LogP contribution in [0.15, 0.2) is 28.7 Å². The molecule has 1 aliphatic rings. The minimum Gasteiger partial charge on any atom is -0.457 e. The zero-order valence-corrected chi connectivity index (χ0v) is 13.5. The fraction of sp³-hybridized carbons (Fsp3) is 0.533. The van der Waals surface area contributed by atoms with Crippen molar-refractivity contribution in [2.24, 2.45) is 0 Å². The lowest BCUT2D eigenvalue weighted by atomic mass is 9.90. The summed E-state index contributed by atoms with van der Waals surface area (Å²) in [6.07, 6.45) is -3.76. The molecule has 0 aliphatic carbocycles. The smallest absolute Gasteiger partial charge is 0.303 e. The number of rotatable bonds is 3. The molecule has 1 heterocycles. The van der Waals surface area contributed by atoms with E-state index in [1.165, 1.54) is 6.92 Å². The summed E-state index contributed by atoms with van der Waals surface area (Å²) >= 11 is 3.37. The molecule has 1 aromatic carbocycles. The van der Waals surface area contributed by atoms with Gasteiger partial charge < -0.3 is 19.7 Å². The van der Waals surface area contributed by atoms with E-state index in [0.717, 1.165) is 10.0 Å². The molecule has 0 radical (unpaired) electrons. The molecule has 1 saturated heterocycles. The first-order valence-corrected chi connectivity index (χ1v) is 7.67. The zero-order valence-electron chi connectivity index (χ0n) is 11.9. The highest BCUT2D eigenvalue weighted by Gasteiger charge is 2.46. The Bertz CT molecular complexity index is 505. The van der Waals surface area contributed by atoms with E-state index in [1.54, 1.807) is 0 Å². The Morgan fingerprint density at radius 3 is 2.67 bits per heavy atom. The van der Waals surface area contributed by atoms with Crippen LogP contribution in [-0.2, 0) is 14.3 Å². The quantitative estimate of drug-likeness (QED) is 0.807. The second-order valence-corrected chi connectivity index (χ2v) is 6.03. The summed E-state index contributed by atoms with van der Waals surface area (Å²) in [5.41, 5.74) is 0.760. The molecule has 6 heteroatoms. The number of aliphatic hydroxyl groups is 2. The van der Waals surface area contributed by atoms with Gasteiger partial charge in [-0.1, -0.05) is 35.0 Å². The molecular formula is C15H19BrO5. The summed E-state index contributed by atoms with van der Waals surface area (Å²) in [6.45, 7) is 3.15. The average molecular weight is 359 g/mol. The van der Waals surface area contributed by atoms with E-state index < -0.39 is 36.5 Å². The molecule has 2 rings (SSSR count). The number of carbonyl (C=O) groups excluding carboxylic acids is 1. The fourth-order valence-electron chi connectivity index (χ4n) is 2.56. The van der Waals surface area contributed by atoms with Crippen molar-refractivity contribution in [3.8, 4) is 0 Å². The van der Waals surface area contributed by atoms with Crippen molar-refractivity contribution in [2.45, 2.75) is 50.8 Å². The Hall–Kier alpha value is -0.950. The van der Waals surface area contributed by atoms with Gasteiger partial charge in [-0.3, -0.25) is 4.79 Å². The van der Waals surface area contributed by atoms with Gasteiger partial charge in [0.15, 0.2) is 6.10 Å². The number of esters is 1. The number of hydrogen-bond donors (Lipinski definition) is 2. The number of hydrogen-bond acceptors (Lipinski definition) is 5. The molecule has 21 heavy (non-hydrogen) atoms. The monoisotopic (exact) mass is 358 g/mol. The van der Waals surface area contributed by atoms with Gasteiger partial charge in [-0.15, -0.1) is 0 Å². The molecule has 0 aromatic heterocycles. The standard InChI is InChI=1S/C15H19BrO5/c1-3-11-15(20-8(2)17)13(19)12(18)14(21-11)9-5-4-6-10(16)7-9/h4-7,11-15,18-19H,3H2,1-2H3/t11-,12+,13-,14?,15-/m1/s1. The zero-order chi connectivity index (χ0) is 15.6. The topological polar surface area (TPSA) is 76.0 Å². The van der Waals surface area contributed by atoms with Crippen LogP contribution in [0.25, 0.3) is 0 Å². The maximum Gasteiger partial charge on any atom is 0.303 e. The summed E-state index contributed by atoms with van der Waals surface area (Å²) in [4.78, 5) is 11.1. The third-order valence-electron chi connectivity index (χ3n) is 3.57. The van der Waals surface area contributed by atoms with Crippen LogP contribution in [-0.4, -0.2) is 40.6 Å². The van der Waals surface area contributed by atoms with Gasteiger partial charge in [0.05, 0.1) is 6.10 Å². The lowest BCUT2D eigenvalue weighted by Crippen LogP contribution is -2.55. The maximum absolute atomic E-state index is 11.1. The van der Waals surface area contributed by atoms with Crippen molar-refractivity contribution >= 4 is 21.9 Å². The highest BCUT2D eigenvalue weighted by atomic mass is 79.9. The molecular weight excluding hydrogens is 340 g/mol. The average Bonchev–Trinajstić information content (AvgIpc) is 2.44. The van der Waals surface area contributed by atoms with E-state index in [2.05, 4.69) is 15.9 Å². The molecule has 2 N–H and O–H groups in total. The van der Waals surface area contributed by atoms with E-state index in [4.69, 9.17) is 9.47 Å². The second kappa shape index (κ2) is 6.87.